The van der Waals surface area contributed by atoms with Gasteiger partial charge in [-0.25, -0.2) is 4.98 Å². The van der Waals surface area contributed by atoms with Gasteiger partial charge in [-0.2, -0.15) is 13.2 Å². The number of carbonyl (C=O) groups is 1. The van der Waals surface area contributed by atoms with Gasteiger partial charge in [0, 0.05) is 16.5 Å². The zero-order valence-corrected chi connectivity index (χ0v) is 15.6. The number of halogens is 3. The molecule has 0 unspecified atom stereocenters. The maximum Gasteiger partial charge on any atom is 0.416 e. The zero-order valence-electron chi connectivity index (χ0n) is 14.8. The molecule has 3 aromatic rings. The largest absolute Gasteiger partial charge is 0.416 e. The predicted molar refractivity (Wildman–Crippen MR) is 103 cm³/mol. The van der Waals surface area contributed by atoms with E-state index in [4.69, 9.17) is 0 Å². The van der Waals surface area contributed by atoms with E-state index in [-0.39, 0.29) is 23.7 Å². The Morgan fingerprint density at radius 2 is 1.93 bits per heavy atom. The first-order chi connectivity index (χ1) is 13.3. The van der Waals surface area contributed by atoms with Crippen LogP contribution in [-0.4, -0.2) is 17.4 Å². The molecule has 0 radical (unpaired) electrons. The fraction of sp³-hybridized carbons (Fsp3) is 0.143. The van der Waals surface area contributed by atoms with Crippen LogP contribution in [0, 0.1) is 18.8 Å². The summed E-state index contributed by atoms with van der Waals surface area (Å²) < 4.78 is 38.0. The molecule has 0 spiro atoms. The number of thiazole rings is 1. The first-order valence-corrected chi connectivity index (χ1v) is 9.18. The highest BCUT2D eigenvalue weighted by Crippen LogP contribution is 2.29. The predicted octanol–water partition coefficient (Wildman–Crippen LogP) is 4.92. The summed E-state index contributed by atoms with van der Waals surface area (Å²) in [6, 6.07) is 12.6. The average Bonchev–Trinajstić information content (AvgIpc) is 3.15. The molecule has 1 heterocycles. The van der Waals surface area contributed by atoms with Crippen LogP contribution in [0.1, 0.15) is 27.2 Å². The van der Waals surface area contributed by atoms with Crippen molar-refractivity contribution in [2.75, 3.05) is 6.54 Å². The first kappa shape index (κ1) is 19.6. The van der Waals surface area contributed by atoms with E-state index in [9.17, 15) is 18.0 Å². The smallest absolute Gasteiger partial charge is 0.340 e. The van der Waals surface area contributed by atoms with E-state index < -0.39 is 11.7 Å². The van der Waals surface area contributed by atoms with Gasteiger partial charge in [-0.05, 0) is 25.1 Å². The van der Waals surface area contributed by atoms with Crippen LogP contribution >= 0.6 is 11.3 Å². The van der Waals surface area contributed by atoms with E-state index in [0.29, 0.717) is 0 Å². The summed E-state index contributed by atoms with van der Waals surface area (Å²) in [4.78, 5) is 16.5. The van der Waals surface area contributed by atoms with Crippen molar-refractivity contribution in [2.45, 2.75) is 13.1 Å². The Morgan fingerprint density at radius 3 is 2.64 bits per heavy atom. The number of hydrogen-bond donors (Lipinski definition) is 1. The third kappa shape index (κ3) is 4.99. The van der Waals surface area contributed by atoms with E-state index in [0.717, 1.165) is 28.3 Å². The summed E-state index contributed by atoms with van der Waals surface area (Å²) in [5.41, 5.74) is 1.83. The minimum atomic E-state index is -4.41. The highest BCUT2D eigenvalue weighted by Gasteiger charge is 2.30. The molecule has 7 heteroatoms. The number of aromatic nitrogens is 1. The lowest BCUT2D eigenvalue weighted by Gasteiger charge is -2.05. The topological polar surface area (TPSA) is 42.0 Å². The Labute approximate surface area is 164 Å². The van der Waals surface area contributed by atoms with E-state index in [1.54, 1.807) is 5.38 Å². The van der Waals surface area contributed by atoms with Crippen molar-refractivity contribution in [1.82, 2.24) is 10.3 Å². The SMILES string of the molecule is Cc1ccc(-c2nc(C(=O)NCC#Cc3cccc(C(F)(F)F)c3)cs2)cc1. The highest BCUT2D eigenvalue weighted by molar-refractivity contribution is 7.13. The number of hydrogen-bond acceptors (Lipinski definition) is 3. The maximum atomic E-state index is 12.7. The van der Waals surface area contributed by atoms with Crippen molar-refractivity contribution in [2.24, 2.45) is 0 Å². The lowest BCUT2D eigenvalue weighted by Crippen LogP contribution is -2.23. The van der Waals surface area contributed by atoms with E-state index in [2.05, 4.69) is 22.1 Å². The van der Waals surface area contributed by atoms with Crippen LogP contribution in [0.2, 0.25) is 0 Å². The van der Waals surface area contributed by atoms with Gasteiger partial charge in [-0.3, -0.25) is 4.79 Å². The first-order valence-electron chi connectivity index (χ1n) is 8.30. The van der Waals surface area contributed by atoms with E-state index in [1.165, 1.54) is 23.5 Å². The van der Waals surface area contributed by atoms with Gasteiger partial charge >= 0.3 is 6.18 Å². The lowest BCUT2D eigenvalue weighted by molar-refractivity contribution is -0.137. The Kier molecular flexibility index (Phi) is 5.81. The van der Waals surface area contributed by atoms with Crippen LogP contribution in [0.3, 0.4) is 0 Å². The second-order valence-corrected chi connectivity index (χ2v) is 6.83. The molecule has 0 aliphatic heterocycles. The molecule has 0 atom stereocenters. The minimum Gasteiger partial charge on any atom is -0.340 e. The monoisotopic (exact) mass is 400 g/mol. The molecule has 3 rings (SSSR count). The number of nitrogens with one attached hydrogen (secondary N) is 1. The van der Waals surface area contributed by atoms with Gasteiger partial charge in [0.1, 0.15) is 10.7 Å². The number of alkyl halides is 3. The van der Waals surface area contributed by atoms with E-state index >= 15 is 0 Å². The van der Waals surface area contributed by atoms with Crippen molar-refractivity contribution in [3.05, 3.63) is 76.3 Å². The van der Waals surface area contributed by atoms with Crippen LogP contribution in [0.25, 0.3) is 10.6 Å². The molecule has 0 saturated carbocycles. The van der Waals surface area contributed by atoms with Gasteiger partial charge in [0.05, 0.1) is 12.1 Å². The fourth-order valence-electron chi connectivity index (χ4n) is 2.34. The summed E-state index contributed by atoms with van der Waals surface area (Å²) in [5, 5.41) is 4.99. The minimum absolute atomic E-state index is 0.00642. The van der Waals surface area contributed by atoms with Gasteiger partial charge < -0.3 is 5.32 Å². The quantitative estimate of drug-likeness (QED) is 0.634. The molecule has 2 aromatic carbocycles. The van der Waals surface area contributed by atoms with Gasteiger partial charge in [-0.1, -0.05) is 47.7 Å². The van der Waals surface area contributed by atoms with Crippen LogP contribution in [0.15, 0.2) is 53.9 Å². The standard InChI is InChI=1S/C21H15F3N2OS/c1-14-7-9-16(10-8-14)20-26-18(13-28-20)19(27)25-11-3-5-15-4-2-6-17(12-15)21(22,23)24/h2,4,6-10,12-13H,11H2,1H3,(H,25,27). The maximum absolute atomic E-state index is 12.7. The van der Waals surface area contributed by atoms with Crippen LogP contribution in [-0.2, 0) is 6.18 Å². The second kappa shape index (κ2) is 8.28. The van der Waals surface area contributed by atoms with Crippen molar-refractivity contribution >= 4 is 17.2 Å². The average molecular weight is 400 g/mol. The number of nitrogens with zero attached hydrogens (tertiary/aromatic N) is 1. The molecule has 0 aliphatic rings. The van der Waals surface area contributed by atoms with Crippen molar-refractivity contribution < 1.29 is 18.0 Å². The molecular weight excluding hydrogens is 385 g/mol. The Hall–Kier alpha value is -3.11. The molecule has 0 fully saturated rings. The lowest BCUT2D eigenvalue weighted by atomic mass is 10.1. The van der Waals surface area contributed by atoms with Crippen molar-refractivity contribution in [1.29, 1.82) is 0 Å². The number of benzene rings is 2. The van der Waals surface area contributed by atoms with Gasteiger partial charge in [0.25, 0.3) is 5.91 Å². The van der Waals surface area contributed by atoms with Crippen LogP contribution in [0.5, 0.6) is 0 Å². The Balaban J connectivity index is 1.60. The van der Waals surface area contributed by atoms with Crippen molar-refractivity contribution in [3.8, 4) is 22.4 Å². The zero-order chi connectivity index (χ0) is 20.1. The summed E-state index contributed by atoms with van der Waals surface area (Å²) in [6.07, 6.45) is -4.41. The summed E-state index contributed by atoms with van der Waals surface area (Å²) in [7, 11) is 0. The van der Waals surface area contributed by atoms with E-state index in [1.807, 2.05) is 31.2 Å². The fourth-order valence-corrected chi connectivity index (χ4v) is 3.15. The van der Waals surface area contributed by atoms with Crippen LogP contribution in [0.4, 0.5) is 13.2 Å². The molecule has 142 valence electrons. The molecule has 0 aliphatic carbocycles. The summed E-state index contributed by atoms with van der Waals surface area (Å²) in [5.74, 6) is 4.89. The van der Waals surface area contributed by atoms with Crippen LogP contribution < -0.4 is 5.32 Å². The molecule has 1 N–H and O–H groups in total. The molecular formula is C21H15F3N2OS. The number of aryl methyl sites for hydroxylation is 1. The number of rotatable bonds is 3. The molecule has 0 saturated heterocycles. The molecule has 3 nitrogen and oxygen atoms in total. The second-order valence-electron chi connectivity index (χ2n) is 5.97. The molecule has 0 bridgehead atoms. The van der Waals surface area contributed by atoms with Gasteiger partial charge in [0.15, 0.2) is 0 Å². The van der Waals surface area contributed by atoms with Crippen molar-refractivity contribution in [3.63, 3.8) is 0 Å². The molecule has 28 heavy (non-hydrogen) atoms. The Morgan fingerprint density at radius 1 is 1.18 bits per heavy atom. The highest BCUT2D eigenvalue weighted by atomic mass is 32.1. The van der Waals surface area contributed by atoms with Gasteiger partial charge in [0.2, 0.25) is 0 Å². The summed E-state index contributed by atoms with van der Waals surface area (Å²) in [6.45, 7) is 2.00. The Bertz CT molecular complexity index is 1040. The summed E-state index contributed by atoms with van der Waals surface area (Å²) >= 11 is 1.36. The molecule has 1 amide bonds. The number of carbonyl (C=O) groups excluding carboxylic acids is 1. The van der Waals surface area contributed by atoms with Gasteiger partial charge in [-0.15, -0.1) is 11.3 Å². The third-order valence-corrected chi connectivity index (χ3v) is 4.69. The normalized spacial score (nSPS) is 10.9. The molecule has 1 aromatic heterocycles. The third-order valence-electron chi connectivity index (χ3n) is 3.80. The number of amides is 1.